The second kappa shape index (κ2) is 13.1. The van der Waals surface area contributed by atoms with Gasteiger partial charge in [-0.1, -0.05) is 25.1 Å². The number of amides is 3. The van der Waals surface area contributed by atoms with Crippen molar-refractivity contribution >= 4 is 33.3 Å². The fourth-order valence-electron chi connectivity index (χ4n) is 4.63. The Kier molecular flexibility index (Phi) is 9.74. The van der Waals surface area contributed by atoms with Crippen LogP contribution in [0.1, 0.15) is 29.8 Å². The molecule has 1 aliphatic rings. The highest BCUT2D eigenvalue weighted by molar-refractivity contribution is 7.92. The van der Waals surface area contributed by atoms with E-state index >= 15 is 0 Å². The molecule has 0 aromatic heterocycles. The number of fused-ring (bicyclic) bond motifs is 1. The molecule has 0 saturated carbocycles. The Hall–Kier alpha value is -4.30. The highest BCUT2D eigenvalue weighted by atomic mass is 32.2. The molecule has 1 aliphatic heterocycles. The summed E-state index contributed by atoms with van der Waals surface area (Å²) < 4.78 is 73.2. The molecule has 14 heteroatoms. The summed E-state index contributed by atoms with van der Waals surface area (Å²) in [5.74, 6) is -0.652. The van der Waals surface area contributed by atoms with Crippen molar-refractivity contribution in [2.45, 2.75) is 37.1 Å². The molecule has 44 heavy (non-hydrogen) atoms. The third-order valence-corrected chi connectivity index (χ3v) is 8.63. The lowest BCUT2D eigenvalue weighted by Gasteiger charge is -2.38. The maximum Gasteiger partial charge on any atom is 0.416 e. The minimum atomic E-state index is -4.50. The van der Waals surface area contributed by atoms with Gasteiger partial charge in [0.25, 0.3) is 15.9 Å². The number of aliphatic hydroxyl groups excluding tert-OH is 1. The van der Waals surface area contributed by atoms with E-state index < -0.39 is 45.8 Å². The number of anilines is 2. The van der Waals surface area contributed by atoms with Gasteiger partial charge in [0.2, 0.25) is 0 Å². The number of alkyl halides is 3. The quantitative estimate of drug-likeness (QED) is 0.324. The van der Waals surface area contributed by atoms with Crippen LogP contribution in [0.3, 0.4) is 0 Å². The number of hydrogen-bond donors (Lipinski definition) is 3. The van der Waals surface area contributed by atoms with Gasteiger partial charge in [-0.05, 0) is 61.5 Å². The molecule has 0 radical (unpaired) electrons. The zero-order valence-electron chi connectivity index (χ0n) is 24.2. The van der Waals surface area contributed by atoms with Crippen molar-refractivity contribution in [3.05, 3.63) is 83.9 Å². The van der Waals surface area contributed by atoms with Crippen LogP contribution in [0.4, 0.5) is 29.3 Å². The van der Waals surface area contributed by atoms with Crippen LogP contribution in [0.15, 0.2) is 77.7 Å². The van der Waals surface area contributed by atoms with Crippen molar-refractivity contribution in [1.29, 1.82) is 0 Å². The zero-order valence-corrected chi connectivity index (χ0v) is 25.0. The van der Waals surface area contributed by atoms with Crippen LogP contribution in [0.2, 0.25) is 0 Å². The van der Waals surface area contributed by atoms with Crippen molar-refractivity contribution < 1.29 is 41.0 Å². The van der Waals surface area contributed by atoms with Gasteiger partial charge in [0, 0.05) is 30.9 Å². The number of halogens is 3. The number of carbonyl (C=O) groups is 2. The van der Waals surface area contributed by atoms with Crippen LogP contribution in [-0.4, -0.2) is 74.2 Å². The van der Waals surface area contributed by atoms with E-state index in [2.05, 4.69) is 10.0 Å². The summed E-state index contributed by atoms with van der Waals surface area (Å²) in [6.45, 7) is 3.36. The number of nitrogens with one attached hydrogen (secondary N) is 2. The minimum absolute atomic E-state index is 0.0327. The van der Waals surface area contributed by atoms with E-state index in [1.54, 1.807) is 25.1 Å². The van der Waals surface area contributed by atoms with E-state index in [9.17, 15) is 36.3 Å². The maximum atomic E-state index is 13.7. The van der Waals surface area contributed by atoms with E-state index in [4.69, 9.17) is 4.74 Å². The summed E-state index contributed by atoms with van der Waals surface area (Å²) in [5.41, 5.74) is -0.482. The lowest BCUT2D eigenvalue weighted by atomic mass is 9.99. The Morgan fingerprint density at radius 1 is 1.09 bits per heavy atom. The summed E-state index contributed by atoms with van der Waals surface area (Å²) in [4.78, 5) is 29.4. The van der Waals surface area contributed by atoms with Crippen LogP contribution >= 0.6 is 0 Å². The van der Waals surface area contributed by atoms with Crippen LogP contribution in [0.25, 0.3) is 0 Å². The first-order valence-electron chi connectivity index (χ1n) is 13.7. The summed E-state index contributed by atoms with van der Waals surface area (Å²) in [6, 6.07) is 14.9. The van der Waals surface area contributed by atoms with Gasteiger partial charge in [-0.25, -0.2) is 13.2 Å². The second-order valence-corrected chi connectivity index (χ2v) is 12.3. The van der Waals surface area contributed by atoms with Crippen molar-refractivity contribution in [2.24, 2.45) is 5.92 Å². The normalized spacial score (nSPS) is 17.9. The summed E-state index contributed by atoms with van der Waals surface area (Å²) in [7, 11) is -2.46. The van der Waals surface area contributed by atoms with E-state index in [-0.39, 0.29) is 53.2 Å². The Morgan fingerprint density at radius 2 is 1.73 bits per heavy atom. The first-order chi connectivity index (χ1) is 20.7. The largest absolute Gasteiger partial charge is 0.487 e. The Labute approximate surface area is 253 Å². The average molecular weight is 635 g/mol. The number of nitrogens with zero attached hydrogens (tertiary/aromatic N) is 2. The second-order valence-electron chi connectivity index (χ2n) is 10.6. The monoisotopic (exact) mass is 634 g/mol. The predicted molar refractivity (Wildman–Crippen MR) is 158 cm³/mol. The molecule has 10 nitrogen and oxygen atoms in total. The molecule has 0 unspecified atom stereocenters. The maximum absolute atomic E-state index is 13.7. The number of benzene rings is 3. The number of ether oxygens (including phenoxy) is 1. The van der Waals surface area contributed by atoms with Crippen molar-refractivity contribution in [1.82, 2.24) is 9.80 Å². The van der Waals surface area contributed by atoms with Crippen LogP contribution in [-0.2, 0) is 16.2 Å². The molecular weight excluding hydrogens is 601 g/mol. The van der Waals surface area contributed by atoms with E-state index in [1.807, 2.05) is 6.92 Å². The molecule has 0 fully saturated rings. The van der Waals surface area contributed by atoms with Crippen LogP contribution in [0.5, 0.6) is 5.75 Å². The number of urea groups is 1. The molecule has 3 aromatic rings. The van der Waals surface area contributed by atoms with Crippen molar-refractivity contribution in [2.75, 3.05) is 36.8 Å². The summed E-state index contributed by atoms with van der Waals surface area (Å²) >= 11 is 0. The molecule has 3 N–H and O–H groups in total. The molecule has 236 valence electrons. The molecular formula is C30H33F3N4O6S. The number of rotatable bonds is 8. The van der Waals surface area contributed by atoms with Gasteiger partial charge in [-0.2, -0.15) is 13.2 Å². The highest BCUT2D eigenvalue weighted by Crippen LogP contribution is 2.32. The van der Waals surface area contributed by atoms with Gasteiger partial charge >= 0.3 is 12.2 Å². The average Bonchev–Trinajstić information content (AvgIpc) is 2.98. The van der Waals surface area contributed by atoms with Crippen LogP contribution < -0.4 is 14.8 Å². The highest BCUT2D eigenvalue weighted by Gasteiger charge is 2.34. The lowest BCUT2D eigenvalue weighted by molar-refractivity contribution is -0.137. The van der Waals surface area contributed by atoms with Crippen molar-refractivity contribution in [3.63, 3.8) is 0 Å². The van der Waals surface area contributed by atoms with E-state index in [0.29, 0.717) is 0 Å². The molecule has 0 bridgehead atoms. The summed E-state index contributed by atoms with van der Waals surface area (Å²) in [5, 5.41) is 12.4. The minimum Gasteiger partial charge on any atom is -0.487 e. The van der Waals surface area contributed by atoms with Gasteiger partial charge in [-0.3, -0.25) is 9.52 Å². The van der Waals surface area contributed by atoms with Crippen molar-refractivity contribution in [3.8, 4) is 5.75 Å². The van der Waals surface area contributed by atoms with Gasteiger partial charge < -0.3 is 25.0 Å². The molecule has 0 aliphatic carbocycles. The first kappa shape index (κ1) is 32.6. The predicted octanol–water partition coefficient (Wildman–Crippen LogP) is 4.89. The third kappa shape index (κ3) is 7.61. The SMILES string of the molecule is C[C@H](CO)N1C[C@H](C)[C@@H](CN(C)C(=O)Nc2ccc(C(F)(F)F)cc2)Oc2ccc(NS(=O)(=O)c3ccccc3)cc2C1=O. The van der Waals surface area contributed by atoms with Gasteiger partial charge in [0.1, 0.15) is 11.9 Å². The zero-order chi connectivity index (χ0) is 32.2. The molecule has 3 amide bonds. The Morgan fingerprint density at radius 3 is 2.34 bits per heavy atom. The fourth-order valence-corrected chi connectivity index (χ4v) is 5.70. The molecule has 0 spiro atoms. The number of aliphatic hydroxyl groups is 1. The molecule has 0 saturated heterocycles. The van der Waals surface area contributed by atoms with Gasteiger partial charge in [-0.15, -0.1) is 0 Å². The smallest absolute Gasteiger partial charge is 0.416 e. The Bertz CT molecular complexity index is 1590. The molecule has 3 atom stereocenters. The number of sulfonamides is 1. The van der Waals surface area contributed by atoms with Gasteiger partial charge in [0.05, 0.1) is 35.2 Å². The standard InChI is InChI=1S/C30H33F3N4O6S/c1-19-16-37(20(2)18-38)28(39)25-15-23(35-44(41,42)24-7-5-4-6-8-24)13-14-26(25)43-27(19)17-36(3)29(40)34-22-11-9-21(10-12-22)30(31,32)33/h4-15,19-20,27,35,38H,16-18H2,1-3H3,(H,34,40)/t19-,20+,27+/m0/s1. The Balaban J connectivity index is 1.57. The van der Waals surface area contributed by atoms with E-state index in [0.717, 1.165) is 24.3 Å². The third-order valence-electron chi connectivity index (χ3n) is 7.23. The molecule has 4 rings (SSSR count). The van der Waals surface area contributed by atoms with Gasteiger partial charge in [0.15, 0.2) is 0 Å². The topological polar surface area (TPSA) is 128 Å². The van der Waals surface area contributed by atoms with E-state index in [1.165, 1.54) is 47.2 Å². The van der Waals surface area contributed by atoms with Crippen LogP contribution in [0, 0.1) is 5.92 Å². The number of likely N-dealkylation sites (N-methyl/N-ethyl adjacent to an activating group) is 1. The molecule has 3 aromatic carbocycles. The first-order valence-corrected chi connectivity index (χ1v) is 15.2. The lowest BCUT2D eigenvalue weighted by Crippen LogP contribution is -2.50. The number of carbonyl (C=O) groups excluding carboxylic acids is 2. The molecule has 1 heterocycles. The number of hydrogen-bond acceptors (Lipinski definition) is 6. The fraction of sp³-hybridized carbons (Fsp3) is 0.333. The summed E-state index contributed by atoms with van der Waals surface area (Å²) in [6.07, 6.45) is -5.16.